The maximum atomic E-state index is 5.81. The molecule has 1 aromatic heterocycles. The van der Waals surface area contributed by atoms with Crippen LogP contribution in [0.2, 0.25) is 5.15 Å². The van der Waals surface area contributed by atoms with E-state index in [1.54, 1.807) is 11.8 Å². The van der Waals surface area contributed by atoms with E-state index in [0.717, 1.165) is 10.0 Å². The van der Waals surface area contributed by atoms with Crippen molar-refractivity contribution in [2.45, 2.75) is 24.0 Å². The Hall–Kier alpha value is -0.0800. The fourth-order valence-electron chi connectivity index (χ4n) is 0.680. The molecule has 0 unspecified atom stereocenters. The van der Waals surface area contributed by atoms with Gasteiger partial charge in [0, 0.05) is 16.3 Å². The Kier molecular flexibility index (Phi) is 2.69. The average Bonchev–Trinajstić information content (AvgIpc) is 2.15. The van der Waals surface area contributed by atoms with Crippen LogP contribution in [0.15, 0.2) is 17.2 Å². The summed E-state index contributed by atoms with van der Waals surface area (Å²) in [6.07, 6.45) is 1.85. The van der Waals surface area contributed by atoms with Gasteiger partial charge in [-0.2, -0.15) is 0 Å². The maximum absolute atomic E-state index is 5.81. The van der Waals surface area contributed by atoms with E-state index in [1.165, 1.54) is 0 Å². The molecular formula is C7H10ClNS. The Balaban J connectivity index is 2.65. The first-order chi connectivity index (χ1) is 4.70. The molecule has 0 saturated carbocycles. The van der Waals surface area contributed by atoms with E-state index in [4.69, 9.17) is 11.6 Å². The summed E-state index contributed by atoms with van der Waals surface area (Å²) in [5.74, 6) is 0. The maximum Gasteiger partial charge on any atom is 0.120 e. The molecule has 0 bridgehead atoms. The summed E-state index contributed by atoms with van der Waals surface area (Å²) in [6, 6.07) is 1.99. The van der Waals surface area contributed by atoms with E-state index in [-0.39, 0.29) is 0 Å². The molecule has 1 rings (SSSR count). The number of H-pyrrole nitrogens is 1. The molecule has 0 saturated heterocycles. The van der Waals surface area contributed by atoms with E-state index in [0.29, 0.717) is 5.25 Å². The highest BCUT2D eigenvalue weighted by Gasteiger charge is 2.02. The van der Waals surface area contributed by atoms with Crippen LogP contribution in [0, 0.1) is 0 Å². The lowest BCUT2D eigenvalue weighted by Gasteiger charge is -2.00. The van der Waals surface area contributed by atoms with E-state index in [1.807, 2.05) is 12.3 Å². The van der Waals surface area contributed by atoms with Crippen molar-refractivity contribution in [2.24, 2.45) is 0 Å². The minimum Gasteiger partial charge on any atom is -0.351 e. The number of halogens is 1. The lowest BCUT2D eigenvalue weighted by atomic mass is 10.6. The highest BCUT2D eigenvalue weighted by molar-refractivity contribution is 8.00. The molecule has 10 heavy (non-hydrogen) atoms. The summed E-state index contributed by atoms with van der Waals surface area (Å²) in [5.41, 5.74) is 0. The molecule has 0 atom stereocenters. The molecule has 0 aliphatic heterocycles. The Morgan fingerprint density at radius 2 is 2.30 bits per heavy atom. The van der Waals surface area contributed by atoms with Gasteiger partial charge < -0.3 is 4.98 Å². The normalized spacial score (nSPS) is 10.8. The van der Waals surface area contributed by atoms with Crippen LogP contribution in [-0.2, 0) is 0 Å². The summed E-state index contributed by atoms with van der Waals surface area (Å²) in [7, 11) is 0. The van der Waals surface area contributed by atoms with Gasteiger partial charge in [0.15, 0.2) is 0 Å². The fourth-order valence-corrected chi connectivity index (χ4v) is 1.76. The quantitative estimate of drug-likeness (QED) is 0.683. The zero-order valence-electron chi connectivity index (χ0n) is 6.02. The molecule has 1 nitrogen and oxygen atoms in total. The lowest BCUT2D eigenvalue weighted by molar-refractivity contribution is 1.11. The molecule has 0 spiro atoms. The first-order valence-electron chi connectivity index (χ1n) is 3.19. The Morgan fingerprint density at radius 3 is 2.70 bits per heavy atom. The van der Waals surface area contributed by atoms with Gasteiger partial charge in [-0.25, -0.2) is 0 Å². The first kappa shape index (κ1) is 8.02. The van der Waals surface area contributed by atoms with E-state index >= 15 is 0 Å². The molecule has 0 aromatic carbocycles. The Bertz CT molecular complexity index is 207. The standard InChI is InChI=1S/C7H10ClNS/c1-5(2)10-6-3-4-9-7(6)8/h3-5,9H,1-2H3. The largest absolute Gasteiger partial charge is 0.351 e. The van der Waals surface area contributed by atoms with Crippen LogP contribution in [0.4, 0.5) is 0 Å². The predicted molar refractivity (Wildman–Crippen MR) is 46.8 cm³/mol. The average molecular weight is 176 g/mol. The number of aromatic nitrogens is 1. The van der Waals surface area contributed by atoms with E-state index in [9.17, 15) is 0 Å². The molecule has 56 valence electrons. The molecule has 0 amide bonds. The molecule has 0 aliphatic carbocycles. The molecular weight excluding hydrogens is 166 g/mol. The predicted octanol–water partition coefficient (Wildman–Crippen LogP) is 3.17. The van der Waals surface area contributed by atoms with Gasteiger partial charge in [-0.3, -0.25) is 0 Å². The molecule has 0 aliphatic rings. The van der Waals surface area contributed by atoms with Crippen molar-refractivity contribution in [3.8, 4) is 0 Å². The Labute approximate surface area is 70.2 Å². The number of hydrogen-bond acceptors (Lipinski definition) is 1. The monoisotopic (exact) mass is 175 g/mol. The van der Waals surface area contributed by atoms with Crippen LogP contribution < -0.4 is 0 Å². The van der Waals surface area contributed by atoms with Gasteiger partial charge in [-0.05, 0) is 6.07 Å². The van der Waals surface area contributed by atoms with Crippen LogP contribution in [0.25, 0.3) is 0 Å². The van der Waals surface area contributed by atoms with E-state index < -0.39 is 0 Å². The van der Waals surface area contributed by atoms with Crippen LogP contribution in [-0.4, -0.2) is 10.2 Å². The number of hydrogen-bond donors (Lipinski definition) is 1. The number of nitrogens with one attached hydrogen (secondary N) is 1. The highest BCUT2D eigenvalue weighted by Crippen LogP contribution is 2.28. The third-order valence-corrected chi connectivity index (χ3v) is 2.51. The van der Waals surface area contributed by atoms with Crippen LogP contribution in [0.1, 0.15) is 13.8 Å². The minimum atomic E-state index is 0.591. The minimum absolute atomic E-state index is 0.591. The van der Waals surface area contributed by atoms with E-state index in [2.05, 4.69) is 18.8 Å². The SMILES string of the molecule is CC(C)Sc1cc[nH]c1Cl. The van der Waals surface area contributed by atoms with Gasteiger partial charge in [-0.1, -0.05) is 25.4 Å². The molecule has 0 radical (unpaired) electrons. The lowest BCUT2D eigenvalue weighted by Crippen LogP contribution is -1.83. The molecule has 3 heteroatoms. The second kappa shape index (κ2) is 3.35. The number of rotatable bonds is 2. The van der Waals surface area contributed by atoms with Gasteiger partial charge in [0.05, 0.1) is 0 Å². The van der Waals surface area contributed by atoms with Gasteiger partial charge in [0.2, 0.25) is 0 Å². The van der Waals surface area contributed by atoms with Crippen molar-refractivity contribution in [3.05, 3.63) is 17.4 Å². The van der Waals surface area contributed by atoms with Gasteiger partial charge in [0.25, 0.3) is 0 Å². The van der Waals surface area contributed by atoms with Gasteiger partial charge in [-0.15, -0.1) is 11.8 Å². The smallest absolute Gasteiger partial charge is 0.120 e. The summed E-state index contributed by atoms with van der Waals surface area (Å²) in [4.78, 5) is 4.05. The van der Waals surface area contributed by atoms with Crippen molar-refractivity contribution in [1.82, 2.24) is 4.98 Å². The van der Waals surface area contributed by atoms with Crippen molar-refractivity contribution in [3.63, 3.8) is 0 Å². The zero-order chi connectivity index (χ0) is 7.56. The summed E-state index contributed by atoms with van der Waals surface area (Å²) < 4.78 is 0. The summed E-state index contributed by atoms with van der Waals surface area (Å²) in [6.45, 7) is 4.29. The summed E-state index contributed by atoms with van der Waals surface area (Å²) in [5, 5.41) is 1.34. The molecule has 1 heterocycles. The van der Waals surface area contributed by atoms with Gasteiger partial charge >= 0.3 is 0 Å². The highest BCUT2D eigenvalue weighted by atomic mass is 35.5. The summed E-state index contributed by atoms with van der Waals surface area (Å²) >= 11 is 7.58. The van der Waals surface area contributed by atoms with Crippen molar-refractivity contribution in [1.29, 1.82) is 0 Å². The van der Waals surface area contributed by atoms with Crippen molar-refractivity contribution in [2.75, 3.05) is 0 Å². The Morgan fingerprint density at radius 1 is 1.60 bits per heavy atom. The van der Waals surface area contributed by atoms with Crippen LogP contribution in [0.5, 0.6) is 0 Å². The molecule has 1 N–H and O–H groups in total. The van der Waals surface area contributed by atoms with Gasteiger partial charge in [0.1, 0.15) is 5.15 Å². The van der Waals surface area contributed by atoms with Crippen LogP contribution >= 0.6 is 23.4 Å². The molecule has 1 aromatic rings. The number of thioether (sulfide) groups is 1. The molecule has 0 fully saturated rings. The van der Waals surface area contributed by atoms with Crippen LogP contribution in [0.3, 0.4) is 0 Å². The third-order valence-electron chi connectivity index (χ3n) is 1.02. The van der Waals surface area contributed by atoms with Crippen molar-refractivity contribution >= 4 is 23.4 Å². The van der Waals surface area contributed by atoms with Crippen molar-refractivity contribution < 1.29 is 0 Å². The second-order valence-electron chi connectivity index (χ2n) is 2.32. The topological polar surface area (TPSA) is 15.8 Å². The second-order valence-corrected chi connectivity index (χ2v) is 4.32. The fraction of sp³-hybridized carbons (Fsp3) is 0.429. The first-order valence-corrected chi connectivity index (χ1v) is 4.45. The third kappa shape index (κ3) is 1.96. The zero-order valence-corrected chi connectivity index (χ0v) is 7.59. The number of aromatic amines is 1.